The van der Waals surface area contributed by atoms with Crippen molar-refractivity contribution in [2.45, 2.75) is 25.8 Å². The van der Waals surface area contributed by atoms with Gasteiger partial charge in [-0.2, -0.15) is 0 Å². The molecule has 1 saturated heterocycles. The zero-order chi connectivity index (χ0) is 13.8. The molecule has 1 heterocycles. The summed E-state index contributed by atoms with van der Waals surface area (Å²) in [5, 5.41) is 15.8. The van der Waals surface area contributed by atoms with E-state index in [1.807, 2.05) is 0 Å². The SMILES string of the molecule is COc1ccc(O)c(NC(=O)C2CCNC(C)C2)c1. The summed E-state index contributed by atoms with van der Waals surface area (Å²) in [7, 11) is 1.55. The lowest BCUT2D eigenvalue weighted by Crippen LogP contribution is -2.40. The van der Waals surface area contributed by atoms with Gasteiger partial charge >= 0.3 is 0 Å². The van der Waals surface area contributed by atoms with Crippen LogP contribution in [0.2, 0.25) is 0 Å². The first kappa shape index (κ1) is 13.7. The zero-order valence-corrected chi connectivity index (χ0v) is 11.3. The fraction of sp³-hybridized carbons (Fsp3) is 0.500. The molecule has 5 heteroatoms. The lowest BCUT2D eigenvalue weighted by Gasteiger charge is -2.27. The Morgan fingerprint density at radius 1 is 1.53 bits per heavy atom. The topological polar surface area (TPSA) is 70.6 Å². The minimum atomic E-state index is -0.0445. The molecule has 104 valence electrons. The van der Waals surface area contributed by atoms with Crippen molar-refractivity contribution >= 4 is 11.6 Å². The van der Waals surface area contributed by atoms with Gasteiger partial charge in [0.05, 0.1) is 12.8 Å². The van der Waals surface area contributed by atoms with Gasteiger partial charge in [-0.1, -0.05) is 0 Å². The summed E-state index contributed by atoms with van der Waals surface area (Å²) in [5.74, 6) is 0.599. The Morgan fingerprint density at radius 2 is 2.32 bits per heavy atom. The second kappa shape index (κ2) is 5.93. The minimum Gasteiger partial charge on any atom is -0.506 e. The average molecular weight is 264 g/mol. The third kappa shape index (κ3) is 3.38. The van der Waals surface area contributed by atoms with Gasteiger partial charge in [-0.25, -0.2) is 0 Å². The van der Waals surface area contributed by atoms with Gasteiger partial charge in [-0.15, -0.1) is 0 Å². The summed E-state index contributed by atoms with van der Waals surface area (Å²) < 4.78 is 5.08. The highest BCUT2D eigenvalue weighted by molar-refractivity contribution is 5.94. The first-order chi connectivity index (χ1) is 9.10. The number of nitrogens with one attached hydrogen (secondary N) is 2. The van der Waals surface area contributed by atoms with Crippen LogP contribution in [0.5, 0.6) is 11.5 Å². The van der Waals surface area contributed by atoms with Gasteiger partial charge in [0.2, 0.25) is 5.91 Å². The molecule has 0 radical (unpaired) electrons. The molecular weight excluding hydrogens is 244 g/mol. The van der Waals surface area contributed by atoms with Crippen LogP contribution in [-0.4, -0.2) is 30.7 Å². The number of rotatable bonds is 3. The molecule has 0 aliphatic carbocycles. The molecule has 0 saturated carbocycles. The molecule has 0 bridgehead atoms. The van der Waals surface area contributed by atoms with Gasteiger partial charge in [0.15, 0.2) is 0 Å². The Balaban J connectivity index is 2.05. The first-order valence-electron chi connectivity index (χ1n) is 6.51. The number of piperidine rings is 1. The molecule has 5 nitrogen and oxygen atoms in total. The minimum absolute atomic E-state index is 0.0122. The summed E-state index contributed by atoms with van der Waals surface area (Å²) >= 11 is 0. The number of amides is 1. The van der Waals surface area contributed by atoms with E-state index in [-0.39, 0.29) is 17.6 Å². The van der Waals surface area contributed by atoms with Gasteiger partial charge < -0.3 is 20.5 Å². The molecule has 1 aliphatic heterocycles. The summed E-state index contributed by atoms with van der Waals surface area (Å²) in [6.07, 6.45) is 1.64. The van der Waals surface area contributed by atoms with E-state index in [4.69, 9.17) is 4.74 Å². The van der Waals surface area contributed by atoms with E-state index >= 15 is 0 Å². The van der Waals surface area contributed by atoms with Crippen LogP contribution in [0.15, 0.2) is 18.2 Å². The van der Waals surface area contributed by atoms with E-state index in [1.165, 1.54) is 6.07 Å². The quantitative estimate of drug-likeness (QED) is 0.727. The maximum atomic E-state index is 12.2. The predicted molar refractivity (Wildman–Crippen MR) is 73.5 cm³/mol. The number of benzene rings is 1. The maximum absolute atomic E-state index is 12.2. The monoisotopic (exact) mass is 264 g/mol. The Morgan fingerprint density at radius 3 is 3.00 bits per heavy atom. The molecule has 1 aromatic carbocycles. The highest BCUT2D eigenvalue weighted by Crippen LogP contribution is 2.29. The standard InChI is InChI=1S/C14H20N2O3/c1-9-7-10(5-6-15-9)14(18)16-12-8-11(19-2)3-4-13(12)17/h3-4,8-10,15,17H,5-7H2,1-2H3,(H,16,18). The Hall–Kier alpha value is -1.75. The number of hydrogen-bond donors (Lipinski definition) is 3. The van der Waals surface area contributed by atoms with Crippen LogP contribution in [0.3, 0.4) is 0 Å². The van der Waals surface area contributed by atoms with Crippen molar-refractivity contribution in [3.8, 4) is 11.5 Å². The maximum Gasteiger partial charge on any atom is 0.227 e. The Kier molecular flexibility index (Phi) is 4.27. The smallest absolute Gasteiger partial charge is 0.227 e. The third-order valence-corrected chi connectivity index (χ3v) is 3.46. The van der Waals surface area contributed by atoms with Gasteiger partial charge in [-0.05, 0) is 38.4 Å². The highest BCUT2D eigenvalue weighted by atomic mass is 16.5. The molecule has 0 aromatic heterocycles. The van der Waals surface area contributed by atoms with Crippen molar-refractivity contribution in [3.05, 3.63) is 18.2 Å². The number of anilines is 1. The van der Waals surface area contributed by atoms with E-state index in [0.717, 1.165) is 19.4 Å². The van der Waals surface area contributed by atoms with Crippen molar-refractivity contribution in [2.24, 2.45) is 5.92 Å². The van der Waals surface area contributed by atoms with E-state index < -0.39 is 0 Å². The summed E-state index contributed by atoms with van der Waals surface area (Å²) in [6, 6.07) is 5.14. The van der Waals surface area contributed by atoms with Crippen molar-refractivity contribution in [2.75, 3.05) is 19.0 Å². The van der Waals surface area contributed by atoms with Crippen molar-refractivity contribution in [3.63, 3.8) is 0 Å². The van der Waals surface area contributed by atoms with Gasteiger partial charge in [0.1, 0.15) is 11.5 Å². The van der Waals surface area contributed by atoms with Crippen LogP contribution in [0.4, 0.5) is 5.69 Å². The number of methoxy groups -OCH3 is 1. The average Bonchev–Trinajstić information content (AvgIpc) is 2.41. The van der Waals surface area contributed by atoms with Crippen LogP contribution < -0.4 is 15.4 Å². The summed E-state index contributed by atoms with van der Waals surface area (Å²) in [6.45, 7) is 2.92. The lowest BCUT2D eigenvalue weighted by atomic mass is 9.92. The van der Waals surface area contributed by atoms with Gasteiger partial charge in [0.25, 0.3) is 0 Å². The first-order valence-corrected chi connectivity index (χ1v) is 6.51. The fourth-order valence-corrected chi connectivity index (χ4v) is 2.35. The van der Waals surface area contributed by atoms with E-state index in [2.05, 4.69) is 17.6 Å². The zero-order valence-electron chi connectivity index (χ0n) is 11.3. The fourth-order valence-electron chi connectivity index (χ4n) is 2.35. The van der Waals surface area contributed by atoms with Crippen LogP contribution in [-0.2, 0) is 4.79 Å². The highest BCUT2D eigenvalue weighted by Gasteiger charge is 2.25. The van der Waals surface area contributed by atoms with Gasteiger partial charge in [-0.3, -0.25) is 4.79 Å². The number of phenolic OH excluding ortho intramolecular Hbond substituents is 1. The number of carbonyl (C=O) groups excluding carboxylic acids is 1. The molecule has 19 heavy (non-hydrogen) atoms. The molecule has 1 fully saturated rings. The number of ether oxygens (including phenoxy) is 1. The van der Waals surface area contributed by atoms with E-state index in [0.29, 0.717) is 17.5 Å². The van der Waals surface area contributed by atoms with Crippen LogP contribution in [0.25, 0.3) is 0 Å². The van der Waals surface area contributed by atoms with Crippen LogP contribution >= 0.6 is 0 Å². The van der Waals surface area contributed by atoms with E-state index in [9.17, 15) is 9.90 Å². The van der Waals surface area contributed by atoms with Crippen LogP contribution in [0.1, 0.15) is 19.8 Å². The molecular formula is C14H20N2O3. The Bertz CT molecular complexity index is 462. The molecule has 3 N–H and O–H groups in total. The van der Waals surface area contributed by atoms with Crippen molar-refractivity contribution < 1.29 is 14.6 Å². The number of aromatic hydroxyl groups is 1. The molecule has 1 amide bonds. The largest absolute Gasteiger partial charge is 0.506 e. The molecule has 1 aromatic rings. The van der Waals surface area contributed by atoms with E-state index in [1.54, 1.807) is 19.2 Å². The second-order valence-electron chi connectivity index (χ2n) is 4.95. The Labute approximate surface area is 113 Å². The molecule has 2 atom stereocenters. The lowest BCUT2D eigenvalue weighted by molar-refractivity contribution is -0.120. The summed E-state index contributed by atoms with van der Waals surface area (Å²) in [5.41, 5.74) is 0.399. The number of carbonyl (C=O) groups is 1. The summed E-state index contributed by atoms with van der Waals surface area (Å²) in [4.78, 5) is 12.2. The molecule has 0 spiro atoms. The molecule has 2 rings (SSSR count). The van der Waals surface area contributed by atoms with Crippen LogP contribution in [0, 0.1) is 5.92 Å². The number of hydrogen-bond acceptors (Lipinski definition) is 4. The second-order valence-corrected chi connectivity index (χ2v) is 4.95. The van der Waals surface area contributed by atoms with Crippen molar-refractivity contribution in [1.29, 1.82) is 0 Å². The van der Waals surface area contributed by atoms with Gasteiger partial charge in [0, 0.05) is 18.0 Å². The molecule has 1 aliphatic rings. The normalized spacial score (nSPS) is 22.8. The van der Waals surface area contributed by atoms with Crippen molar-refractivity contribution in [1.82, 2.24) is 5.32 Å². The predicted octanol–water partition coefficient (Wildman–Crippen LogP) is 1.73. The molecule has 2 unspecified atom stereocenters. The third-order valence-electron chi connectivity index (χ3n) is 3.46. The number of phenols is 1.